The van der Waals surface area contributed by atoms with Crippen molar-refractivity contribution in [1.82, 2.24) is 20.3 Å². The lowest BCUT2D eigenvalue weighted by atomic mass is 9.95. The third-order valence-corrected chi connectivity index (χ3v) is 6.47. The number of piperazine rings is 1. The number of hydrogen-bond donors (Lipinski definition) is 2. The van der Waals surface area contributed by atoms with Gasteiger partial charge in [0.25, 0.3) is 0 Å². The standard InChI is InChI=1S/C23H21F4N7O/c1-10-5-15(29)31-20(17(10)23(25,26)27)16-11(7-28)6-14-19(18(16)24)32-22(35-2)33-21(14)34-8-12-3-4-13(9-34)30-12/h5-6,12-13,30H,3-4,8-9H2,1-2H3,(H2,29,31). The van der Waals surface area contributed by atoms with Crippen molar-refractivity contribution in [3.63, 3.8) is 0 Å². The van der Waals surface area contributed by atoms with Gasteiger partial charge in [-0.25, -0.2) is 9.37 Å². The van der Waals surface area contributed by atoms with Gasteiger partial charge < -0.3 is 20.7 Å². The lowest BCUT2D eigenvalue weighted by Gasteiger charge is -2.34. The Morgan fingerprint density at radius 2 is 1.86 bits per heavy atom. The molecule has 3 aromatic rings. The number of aromatic nitrogens is 3. The van der Waals surface area contributed by atoms with E-state index >= 15 is 4.39 Å². The summed E-state index contributed by atoms with van der Waals surface area (Å²) < 4.78 is 63.2. The highest BCUT2D eigenvalue weighted by atomic mass is 19.4. The van der Waals surface area contributed by atoms with Crippen molar-refractivity contribution < 1.29 is 22.3 Å². The summed E-state index contributed by atoms with van der Waals surface area (Å²) in [5, 5.41) is 13.5. The molecule has 2 fully saturated rings. The second-order valence-corrected chi connectivity index (χ2v) is 8.78. The Labute approximate surface area is 197 Å². The lowest BCUT2D eigenvalue weighted by Crippen LogP contribution is -2.51. The summed E-state index contributed by atoms with van der Waals surface area (Å²) in [6.07, 6.45) is -2.88. The number of pyridine rings is 1. The van der Waals surface area contributed by atoms with E-state index in [0.29, 0.717) is 18.9 Å². The van der Waals surface area contributed by atoms with E-state index in [-0.39, 0.29) is 45.9 Å². The first kappa shape index (κ1) is 23.0. The number of nitrogens with two attached hydrogens (primary N) is 1. The van der Waals surface area contributed by atoms with E-state index in [0.717, 1.165) is 18.9 Å². The summed E-state index contributed by atoms with van der Waals surface area (Å²) in [6.45, 7) is 2.41. The highest BCUT2D eigenvalue weighted by Gasteiger charge is 2.39. The number of fused-ring (bicyclic) bond motifs is 3. The molecule has 0 spiro atoms. The number of methoxy groups -OCH3 is 1. The fourth-order valence-corrected chi connectivity index (χ4v) is 5.05. The van der Waals surface area contributed by atoms with Gasteiger partial charge in [-0.15, -0.1) is 0 Å². The van der Waals surface area contributed by atoms with Crippen LogP contribution in [-0.4, -0.2) is 47.2 Å². The Morgan fingerprint density at radius 1 is 1.17 bits per heavy atom. The molecule has 0 amide bonds. The molecule has 3 N–H and O–H groups in total. The summed E-state index contributed by atoms with van der Waals surface area (Å²) in [7, 11) is 1.32. The van der Waals surface area contributed by atoms with E-state index in [9.17, 15) is 18.4 Å². The monoisotopic (exact) mass is 487 g/mol. The molecule has 2 bridgehead atoms. The summed E-state index contributed by atoms with van der Waals surface area (Å²) in [6, 6.07) is 4.53. The number of alkyl halides is 3. The van der Waals surface area contributed by atoms with Crippen LogP contribution in [0.1, 0.15) is 29.5 Å². The van der Waals surface area contributed by atoms with Gasteiger partial charge in [0, 0.05) is 30.6 Å². The number of ether oxygens (including phenoxy) is 1. The average Bonchev–Trinajstić information content (AvgIpc) is 3.14. The minimum Gasteiger partial charge on any atom is -0.467 e. The van der Waals surface area contributed by atoms with Gasteiger partial charge in [-0.2, -0.15) is 28.4 Å². The smallest absolute Gasteiger partial charge is 0.418 e. The predicted octanol–water partition coefficient (Wildman–Crippen LogP) is 3.56. The van der Waals surface area contributed by atoms with E-state index in [1.165, 1.54) is 20.1 Å². The van der Waals surface area contributed by atoms with Crippen molar-refractivity contribution >= 4 is 22.5 Å². The lowest BCUT2D eigenvalue weighted by molar-refractivity contribution is -0.137. The second kappa shape index (κ2) is 8.20. The summed E-state index contributed by atoms with van der Waals surface area (Å²) in [4.78, 5) is 14.3. The maximum absolute atomic E-state index is 16.1. The van der Waals surface area contributed by atoms with Gasteiger partial charge in [0.1, 0.15) is 17.2 Å². The highest BCUT2D eigenvalue weighted by molar-refractivity contribution is 5.96. The van der Waals surface area contributed by atoms with Crippen molar-refractivity contribution in [2.75, 3.05) is 30.8 Å². The molecule has 2 aliphatic heterocycles. The van der Waals surface area contributed by atoms with Crippen LogP contribution in [0.4, 0.5) is 29.2 Å². The topological polar surface area (TPSA) is 113 Å². The molecule has 0 radical (unpaired) electrons. The predicted molar refractivity (Wildman–Crippen MR) is 120 cm³/mol. The Hall–Kier alpha value is -3.72. The van der Waals surface area contributed by atoms with Crippen LogP contribution in [-0.2, 0) is 6.18 Å². The number of nitrogens with one attached hydrogen (secondary N) is 1. The first-order valence-corrected chi connectivity index (χ1v) is 10.9. The zero-order valence-electron chi connectivity index (χ0n) is 18.9. The third kappa shape index (κ3) is 3.85. The zero-order valence-corrected chi connectivity index (χ0v) is 18.9. The minimum atomic E-state index is -4.86. The Kier molecular flexibility index (Phi) is 5.40. The maximum atomic E-state index is 16.1. The number of aryl methyl sites for hydroxylation is 1. The normalized spacial score (nSPS) is 19.7. The molecule has 182 valence electrons. The number of benzene rings is 1. The number of nitrogen functional groups attached to an aromatic ring is 1. The molecule has 1 aromatic carbocycles. The van der Waals surface area contributed by atoms with Crippen molar-refractivity contribution in [3.05, 3.63) is 34.6 Å². The first-order valence-electron chi connectivity index (χ1n) is 10.9. The number of anilines is 2. The Morgan fingerprint density at radius 3 is 2.46 bits per heavy atom. The Balaban J connectivity index is 1.80. The largest absolute Gasteiger partial charge is 0.467 e. The van der Waals surface area contributed by atoms with E-state index in [4.69, 9.17) is 10.5 Å². The van der Waals surface area contributed by atoms with Crippen LogP contribution < -0.4 is 20.7 Å². The number of rotatable bonds is 3. The molecule has 2 unspecified atom stereocenters. The summed E-state index contributed by atoms with van der Waals surface area (Å²) >= 11 is 0. The number of hydrogen-bond acceptors (Lipinski definition) is 8. The molecule has 2 saturated heterocycles. The molecule has 8 nitrogen and oxygen atoms in total. The van der Waals surface area contributed by atoms with Gasteiger partial charge in [0.15, 0.2) is 5.82 Å². The van der Waals surface area contributed by atoms with Crippen molar-refractivity contribution in [2.45, 2.75) is 38.0 Å². The van der Waals surface area contributed by atoms with Gasteiger partial charge in [0.05, 0.1) is 35.6 Å². The van der Waals surface area contributed by atoms with Gasteiger partial charge in [-0.3, -0.25) is 0 Å². The van der Waals surface area contributed by atoms with Gasteiger partial charge in [-0.1, -0.05) is 0 Å². The highest BCUT2D eigenvalue weighted by Crippen LogP contribution is 2.43. The van der Waals surface area contributed by atoms with Crippen LogP contribution in [0, 0.1) is 24.1 Å². The van der Waals surface area contributed by atoms with Gasteiger partial charge in [0.2, 0.25) is 0 Å². The second-order valence-electron chi connectivity index (χ2n) is 8.78. The average molecular weight is 487 g/mol. The molecular weight excluding hydrogens is 466 g/mol. The van der Waals surface area contributed by atoms with Crippen LogP contribution in [0.25, 0.3) is 22.2 Å². The summed E-state index contributed by atoms with van der Waals surface area (Å²) in [5.74, 6) is -0.992. The zero-order chi connectivity index (χ0) is 25.1. The molecule has 2 aromatic heterocycles. The molecular formula is C23H21F4N7O. The minimum absolute atomic E-state index is 0.138. The molecule has 35 heavy (non-hydrogen) atoms. The molecule has 0 saturated carbocycles. The Bertz CT molecular complexity index is 1370. The van der Waals surface area contributed by atoms with Crippen molar-refractivity contribution in [1.29, 1.82) is 5.26 Å². The van der Waals surface area contributed by atoms with Gasteiger partial charge >= 0.3 is 12.2 Å². The first-order chi connectivity index (χ1) is 16.6. The molecule has 4 heterocycles. The quantitative estimate of drug-likeness (QED) is 0.540. The van der Waals surface area contributed by atoms with Crippen molar-refractivity contribution in [3.8, 4) is 23.3 Å². The number of nitrogens with zero attached hydrogens (tertiary/aromatic N) is 5. The van der Waals surface area contributed by atoms with Crippen LogP contribution in [0.5, 0.6) is 6.01 Å². The fraction of sp³-hybridized carbons (Fsp3) is 0.391. The number of nitriles is 1. The van der Waals surface area contributed by atoms with Crippen molar-refractivity contribution in [2.24, 2.45) is 0 Å². The fourth-order valence-electron chi connectivity index (χ4n) is 5.05. The van der Waals surface area contributed by atoms with Gasteiger partial charge in [-0.05, 0) is 37.5 Å². The molecule has 12 heteroatoms. The van der Waals surface area contributed by atoms with Crippen LogP contribution in [0.15, 0.2) is 12.1 Å². The molecule has 5 rings (SSSR count). The summed E-state index contributed by atoms with van der Waals surface area (Å²) in [5.41, 5.74) is 2.35. The molecule has 2 aliphatic rings. The van der Waals surface area contributed by atoms with E-state index in [2.05, 4.69) is 20.3 Å². The molecule has 2 atom stereocenters. The maximum Gasteiger partial charge on any atom is 0.418 e. The third-order valence-electron chi connectivity index (χ3n) is 6.47. The number of halogens is 4. The SMILES string of the molecule is COc1nc(N2CC3CCC(C2)N3)c2cc(C#N)c(-c3nc(N)cc(C)c3C(F)(F)F)c(F)c2n1. The van der Waals surface area contributed by atoms with Crippen LogP contribution >= 0.6 is 0 Å². The van der Waals surface area contributed by atoms with E-state index < -0.39 is 28.8 Å². The molecule has 0 aliphatic carbocycles. The van der Waals surface area contributed by atoms with E-state index in [1.54, 1.807) is 0 Å². The van der Waals surface area contributed by atoms with Crippen LogP contribution in [0.3, 0.4) is 0 Å². The van der Waals surface area contributed by atoms with Crippen LogP contribution in [0.2, 0.25) is 0 Å². The van der Waals surface area contributed by atoms with E-state index in [1.807, 2.05) is 11.0 Å².